The van der Waals surface area contributed by atoms with E-state index in [0.717, 1.165) is 16.5 Å². The fourth-order valence-corrected chi connectivity index (χ4v) is 1.77. The molecule has 1 aromatic rings. The van der Waals surface area contributed by atoms with E-state index < -0.39 is 0 Å². The van der Waals surface area contributed by atoms with Gasteiger partial charge in [0.2, 0.25) is 5.91 Å². The lowest BCUT2D eigenvalue weighted by Gasteiger charge is -1.95. The first kappa shape index (κ1) is 7.44. The third-order valence-corrected chi connectivity index (χ3v) is 2.39. The third-order valence-electron chi connectivity index (χ3n) is 2.39. The zero-order chi connectivity index (χ0) is 9.71. The van der Waals surface area contributed by atoms with Crippen LogP contribution in [0.5, 0.6) is 0 Å². The van der Waals surface area contributed by atoms with Gasteiger partial charge in [-0.1, -0.05) is 0 Å². The van der Waals surface area contributed by atoms with Crippen LogP contribution in [0.2, 0.25) is 0 Å². The van der Waals surface area contributed by atoms with E-state index in [-0.39, 0.29) is 11.8 Å². The van der Waals surface area contributed by atoms with E-state index in [0.29, 0.717) is 11.8 Å². The molecule has 0 spiro atoms. The molecule has 0 aliphatic carbocycles. The Morgan fingerprint density at radius 2 is 2.14 bits per heavy atom. The van der Waals surface area contributed by atoms with Gasteiger partial charge >= 0.3 is 0 Å². The third kappa shape index (κ3) is 0.907. The molecule has 1 aromatic carbocycles. The molecule has 14 heavy (non-hydrogen) atoms. The van der Waals surface area contributed by atoms with Gasteiger partial charge in [-0.25, -0.2) is 4.99 Å². The molecule has 0 aromatic heterocycles. The molecular formula is C10H6N2O2. The lowest BCUT2D eigenvalue weighted by Crippen LogP contribution is -2.21. The summed E-state index contributed by atoms with van der Waals surface area (Å²) in [7, 11) is 0. The van der Waals surface area contributed by atoms with Crippen molar-refractivity contribution in [1.82, 2.24) is 0 Å². The van der Waals surface area contributed by atoms with E-state index >= 15 is 0 Å². The van der Waals surface area contributed by atoms with Crippen molar-refractivity contribution in [2.24, 2.45) is 4.99 Å². The van der Waals surface area contributed by atoms with Gasteiger partial charge in [0.25, 0.3) is 5.91 Å². The van der Waals surface area contributed by atoms with Gasteiger partial charge in [-0.15, -0.1) is 0 Å². The van der Waals surface area contributed by atoms with Crippen molar-refractivity contribution in [3.05, 3.63) is 28.3 Å². The Kier molecular flexibility index (Phi) is 1.21. The molecule has 1 N–H and O–H groups in total. The van der Waals surface area contributed by atoms with Crippen molar-refractivity contribution in [1.29, 1.82) is 0 Å². The standard InChI is InChI=1S/C10H6N2O2/c13-9-3-5-1-7-6(2-8(5)12-9)4-10(14)11-7/h1-3H,4H2,(H,11,14). The number of benzene rings is 1. The van der Waals surface area contributed by atoms with E-state index in [1.807, 2.05) is 0 Å². The smallest absolute Gasteiger partial charge is 0.270 e. The van der Waals surface area contributed by atoms with Gasteiger partial charge in [-0.2, -0.15) is 0 Å². The second-order valence-electron chi connectivity index (χ2n) is 3.39. The molecule has 0 bridgehead atoms. The average Bonchev–Trinajstić information content (AvgIpc) is 2.59. The Hall–Kier alpha value is -1.97. The predicted molar refractivity (Wildman–Crippen MR) is 49.0 cm³/mol. The summed E-state index contributed by atoms with van der Waals surface area (Å²) in [6.45, 7) is 0. The molecule has 2 aliphatic heterocycles. The number of hydrogen-bond acceptors (Lipinski definition) is 2. The fraction of sp³-hybridized carbons (Fsp3) is 0.100. The molecule has 2 amide bonds. The van der Waals surface area contributed by atoms with Crippen LogP contribution >= 0.6 is 0 Å². The number of nitrogens with zero attached hydrogens (tertiary/aromatic N) is 1. The Morgan fingerprint density at radius 3 is 3.00 bits per heavy atom. The number of carbonyl (C=O) groups is 2. The predicted octanol–water partition coefficient (Wildman–Crippen LogP) is -0.879. The van der Waals surface area contributed by atoms with Crippen LogP contribution in [0.3, 0.4) is 0 Å². The molecule has 0 fully saturated rings. The van der Waals surface area contributed by atoms with E-state index in [2.05, 4.69) is 10.3 Å². The van der Waals surface area contributed by atoms with Gasteiger partial charge in [-0.05, 0) is 17.7 Å². The minimum atomic E-state index is -0.227. The quantitative estimate of drug-likeness (QED) is 0.572. The van der Waals surface area contributed by atoms with E-state index in [1.54, 1.807) is 12.1 Å². The molecule has 68 valence electrons. The van der Waals surface area contributed by atoms with Gasteiger partial charge in [0.15, 0.2) is 0 Å². The largest absolute Gasteiger partial charge is 0.326 e. The van der Waals surface area contributed by atoms with Crippen LogP contribution in [-0.2, 0) is 16.0 Å². The highest BCUT2D eigenvalue weighted by Crippen LogP contribution is 2.18. The van der Waals surface area contributed by atoms with Gasteiger partial charge in [0, 0.05) is 17.0 Å². The summed E-state index contributed by atoms with van der Waals surface area (Å²) in [6, 6.07) is 3.59. The lowest BCUT2D eigenvalue weighted by molar-refractivity contribution is -0.115. The minimum Gasteiger partial charge on any atom is -0.326 e. The Labute approximate surface area is 79.0 Å². The Morgan fingerprint density at radius 1 is 1.29 bits per heavy atom. The minimum absolute atomic E-state index is 0.00463. The lowest BCUT2D eigenvalue weighted by atomic mass is 10.1. The molecule has 2 heterocycles. The summed E-state index contributed by atoms with van der Waals surface area (Å²) >= 11 is 0. The zero-order valence-corrected chi connectivity index (χ0v) is 7.20. The van der Waals surface area contributed by atoms with Crippen molar-refractivity contribution < 1.29 is 9.59 Å². The summed E-state index contributed by atoms with van der Waals surface area (Å²) in [5.74, 6) is -0.231. The monoisotopic (exact) mass is 186 g/mol. The van der Waals surface area contributed by atoms with Crippen LogP contribution in [0.4, 0.5) is 5.69 Å². The van der Waals surface area contributed by atoms with E-state index in [4.69, 9.17) is 0 Å². The van der Waals surface area contributed by atoms with Crippen LogP contribution < -0.4 is 15.9 Å². The Balaban J connectivity index is 2.34. The number of rotatable bonds is 0. The highest BCUT2D eigenvalue weighted by atomic mass is 16.2. The van der Waals surface area contributed by atoms with Gasteiger partial charge < -0.3 is 5.32 Å². The molecule has 4 heteroatoms. The second-order valence-corrected chi connectivity index (χ2v) is 3.39. The van der Waals surface area contributed by atoms with Crippen LogP contribution in [0.15, 0.2) is 17.1 Å². The summed E-state index contributed by atoms with van der Waals surface area (Å²) in [6.07, 6.45) is 1.85. The van der Waals surface area contributed by atoms with E-state index in [9.17, 15) is 9.59 Å². The molecule has 4 nitrogen and oxygen atoms in total. The number of carbonyl (C=O) groups excluding carboxylic acids is 2. The van der Waals surface area contributed by atoms with Crippen molar-refractivity contribution in [3.63, 3.8) is 0 Å². The maximum Gasteiger partial charge on any atom is 0.270 e. The number of nitrogens with one attached hydrogen (secondary N) is 1. The molecule has 3 rings (SSSR count). The molecule has 0 radical (unpaired) electrons. The van der Waals surface area contributed by atoms with Crippen molar-refractivity contribution in [3.8, 4) is 0 Å². The fourth-order valence-electron chi connectivity index (χ4n) is 1.77. The number of hydrogen-bond donors (Lipinski definition) is 1. The van der Waals surface area contributed by atoms with Crippen molar-refractivity contribution >= 4 is 23.6 Å². The first-order valence-corrected chi connectivity index (χ1v) is 4.29. The summed E-state index contributed by atoms with van der Waals surface area (Å²) in [4.78, 5) is 25.9. The number of fused-ring (bicyclic) bond motifs is 2. The maximum atomic E-state index is 11.1. The van der Waals surface area contributed by atoms with Crippen LogP contribution in [0.1, 0.15) is 5.56 Å². The average molecular weight is 186 g/mol. The number of anilines is 1. The van der Waals surface area contributed by atoms with Crippen molar-refractivity contribution in [2.45, 2.75) is 6.42 Å². The topological polar surface area (TPSA) is 58.5 Å². The highest BCUT2D eigenvalue weighted by Gasteiger charge is 2.18. The van der Waals surface area contributed by atoms with Crippen LogP contribution in [-0.4, -0.2) is 11.8 Å². The molecule has 0 atom stereocenters. The zero-order valence-electron chi connectivity index (χ0n) is 7.20. The molecular weight excluding hydrogens is 180 g/mol. The van der Waals surface area contributed by atoms with Gasteiger partial charge in [0.1, 0.15) is 0 Å². The highest BCUT2D eigenvalue weighted by molar-refractivity contribution is 6.07. The molecule has 0 saturated heterocycles. The van der Waals surface area contributed by atoms with Crippen LogP contribution in [0, 0.1) is 0 Å². The SMILES string of the molecule is O=C1C=c2cc3c(cc2=N1)CC(=O)N3. The van der Waals surface area contributed by atoms with Gasteiger partial charge in [-0.3, -0.25) is 9.59 Å². The second kappa shape index (κ2) is 2.29. The van der Waals surface area contributed by atoms with Crippen molar-refractivity contribution in [2.75, 3.05) is 5.32 Å². The first-order valence-electron chi connectivity index (χ1n) is 4.29. The maximum absolute atomic E-state index is 11.1. The molecule has 0 unspecified atom stereocenters. The first-order chi connectivity index (χ1) is 6.72. The molecule has 0 saturated carbocycles. The van der Waals surface area contributed by atoms with Gasteiger partial charge in [0.05, 0.1) is 11.8 Å². The summed E-state index contributed by atoms with van der Waals surface area (Å²) in [5.41, 5.74) is 1.72. The Bertz CT molecular complexity index is 538. The molecule has 2 aliphatic rings. The number of amides is 2. The van der Waals surface area contributed by atoms with Crippen LogP contribution in [0.25, 0.3) is 6.08 Å². The summed E-state index contributed by atoms with van der Waals surface area (Å²) < 4.78 is 0. The van der Waals surface area contributed by atoms with E-state index in [1.165, 1.54) is 6.08 Å². The normalized spacial score (nSPS) is 16.9. The summed E-state index contributed by atoms with van der Waals surface area (Å²) in [5, 5.41) is 4.19.